The molecule has 2 aliphatic rings. The minimum absolute atomic E-state index is 0.105. The monoisotopic (exact) mass is 486 g/mol. The Kier molecular flexibility index (Phi) is 7.02. The lowest BCUT2D eigenvalue weighted by atomic mass is 9.69. The van der Waals surface area contributed by atoms with Gasteiger partial charge in [-0.3, -0.25) is 9.69 Å². The summed E-state index contributed by atoms with van der Waals surface area (Å²) in [6.07, 6.45) is -2.16. The molecule has 2 fully saturated rings. The standard InChI is InChI=1S/C24H33ClF2N2O4/c1-13-7-16(25)8-18(27)20(13)24(32)14(2)10-28(11-15(24)3)21(30)19-9-17(26)12-29(19)22(31)33-23(4,5)6/h7-8,14-15,17,19,32H,9-12H2,1-6H3/t14-,15+,17-,19-,24?/m0/s1. The number of piperidine rings is 1. The van der Waals surface area contributed by atoms with E-state index in [1.165, 1.54) is 11.0 Å². The summed E-state index contributed by atoms with van der Waals surface area (Å²) < 4.78 is 34.5. The van der Waals surface area contributed by atoms with Crippen LogP contribution in [0.15, 0.2) is 12.1 Å². The predicted octanol–water partition coefficient (Wildman–Crippen LogP) is 4.44. The van der Waals surface area contributed by atoms with E-state index in [1.807, 2.05) is 0 Å². The lowest BCUT2D eigenvalue weighted by Crippen LogP contribution is -2.59. The van der Waals surface area contributed by atoms with Gasteiger partial charge in [0.15, 0.2) is 0 Å². The highest BCUT2D eigenvalue weighted by molar-refractivity contribution is 6.30. The summed E-state index contributed by atoms with van der Waals surface area (Å²) in [5.41, 5.74) is -1.57. The van der Waals surface area contributed by atoms with Crippen molar-refractivity contribution in [3.8, 4) is 0 Å². The average Bonchev–Trinajstić information content (AvgIpc) is 3.05. The number of carbonyl (C=O) groups excluding carboxylic acids is 2. The van der Waals surface area contributed by atoms with E-state index in [0.717, 1.165) is 4.90 Å². The van der Waals surface area contributed by atoms with Crippen molar-refractivity contribution in [2.45, 2.75) is 71.4 Å². The lowest BCUT2D eigenvalue weighted by Gasteiger charge is -2.49. The first-order valence-corrected chi connectivity index (χ1v) is 11.6. The van der Waals surface area contributed by atoms with Crippen LogP contribution in [0.3, 0.4) is 0 Å². The minimum atomic E-state index is -1.52. The van der Waals surface area contributed by atoms with Gasteiger partial charge in [-0.15, -0.1) is 0 Å². The fourth-order valence-corrected chi connectivity index (χ4v) is 5.39. The molecule has 2 saturated heterocycles. The lowest BCUT2D eigenvalue weighted by molar-refractivity contribution is -0.153. The van der Waals surface area contributed by atoms with Crippen LogP contribution in [0.25, 0.3) is 0 Å². The number of halogens is 3. The molecule has 33 heavy (non-hydrogen) atoms. The molecular weight excluding hydrogens is 454 g/mol. The van der Waals surface area contributed by atoms with Crippen molar-refractivity contribution in [3.05, 3.63) is 34.1 Å². The second kappa shape index (κ2) is 9.02. The Morgan fingerprint density at radius 1 is 1.18 bits per heavy atom. The number of aliphatic hydroxyl groups is 1. The zero-order chi connectivity index (χ0) is 24.9. The Labute approximate surface area is 198 Å². The number of aryl methyl sites for hydroxylation is 1. The van der Waals surface area contributed by atoms with Gasteiger partial charge >= 0.3 is 6.09 Å². The highest BCUT2D eigenvalue weighted by Gasteiger charge is 2.51. The molecule has 1 unspecified atom stereocenters. The molecule has 184 valence electrons. The van der Waals surface area contributed by atoms with Crippen LogP contribution in [-0.4, -0.2) is 64.4 Å². The molecule has 2 aliphatic heterocycles. The van der Waals surface area contributed by atoms with Crippen molar-refractivity contribution >= 4 is 23.6 Å². The van der Waals surface area contributed by atoms with Crippen LogP contribution in [-0.2, 0) is 15.1 Å². The molecule has 1 aromatic rings. The predicted molar refractivity (Wildman–Crippen MR) is 121 cm³/mol. The minimum Gasteiger partial charge on any atom is -0.444 e. The van der Waals surface area contributed by atoms with E-state index in [-0.39, 0.29) is 36.6 Å². The summed E-state index contributed by atoms with van der Waals surface area (Å²) in [7, 11) is 0. The van der Waals surface area contributed by atoms with Crippen molar-refractivity contribution in [3.63, 3.8) is 0 Å². The van der Waals surface area contributed by atoms with Crippen molar-refractivity contribution in [1.82, 2.24) is 9.80 Å². The normalized spacial score (nSPS) is 30.5. The Morgan fingerprint density at radius 2 is 1.76 bits per heavy atom. The first kappa shape index (κ1) is 25.7. The van der Waals surface area contributed by atoms with Gasteiger partial charge < -0.3 is 14.7 Å². The molecule has 2 amide bonds. The van der Waals surface area contributed by atoms with E-state index >= 15 is 0 Å². The summed E-state index contributed by atoms with van der Waals surface area (Å²) in [5, 5.41) is 11.9. The van der Waals surface area contributed by atoms with Crippen molar-refractivity contribution < 1.29 is 28.2 Å². The van der Waals surface area contributed by atoms with Crippen LogP contribution in [0.1, 0.15) is 52.2 Å². The van der Waals surface area contributed by atoms with E-state index in [1.54, 1.807) is 47.6 Å². The van der Waals surface area contributed by atoms with Gasteiger partial charge in [-0.2, -0.15) is 0 Å². The van der Waals surface area contributed by atoms with Crippen LogP contribution in [0.4, 0.5) is 13.6 Å². The third-order valence-electron chi connectivity index (χ3n) is 6.62. The molecule has 0 radical (unpaired) electrons. The van der Waals surface area contributed by atoms with Crippen LogP contribution < -0.4 is 0 Å². The molecule has 6 nitrogen and oxygen atoms in total. The van der Waals surface area contributed by atoms with E-state index in [4.69, 9.17) is 16.3 Å². The number of ether oxygens (including phenoxy) is 1. The first-order chi connectivity index (χ1) is 15.1. The number of carbonyl (C=O) groups is 2. The summed E-state index contributed by atoms with van der Waals surface area (Å²) in [6, 6.07) is 1.81. The van der Waals surface area contributed by atoms with Gasteiger partial charge in [0.05, 0.1) is 6.54 Å². The van der Waals surface area contributed by atoms with E-state index in [0.29, 0.717) is 5.56 Å². The number of rotatable bonds is 2. The van der Waals surface area contributed by atoms with Gasteiger partial charge in [-0.1, -0.05) is 25.4 Å². The number of alkyl halides is 1. The molecular formula is C24H33ClF2N2O4. The van der Waals surface area contributed by atoms with Crippen molar-refractivity contribution in [2.24, 2.45) is 11.8 Å². The van der Waals surface area contributed by atoms with Gasteiger partial charge in [-0.25, -0.2) is 13.6 Å². The molecule has 1 aromatic carbocycles. The third-order valence-corrected chi connectivity index (χ3v) is 6.84. The molecule has 5 atom stereocenters. The van der Waals surface area contributed by atoms with Crippen molar-refractivity contribution in [2.75, 3.05) is 19.6 Å². The highest BCUT2D eigenvalue weighted by Crippen LogP contribution is 2.44. The first-order valence-electron chi connectivity index (χ1n) is 11.3. The summed E-state index contributed by atoms with van der Waals surface area (Å²) in [4.78, 5) is 28.7. The number of likely N-dealkylation sites (tertiary alicyclic amines) is 2. The van der Waals surface area contributed by atoms with Crippen molar-refractivity contribution in [1.29, 1.82) is 0 Å². The molecule has 0 saturated carbocycles. The molecule has 0 bridgehead atoms. The highest BCUT2D eigenvalue weighted by atomic mass is 35.5. The van der Waals surface area contributed by atoms with Gasteiger partial charge in [-0.05, 0) is 45.4 Å². The summed E-state index contributed by atoms with van der Waals surface area (Å²) in [6.45, 7) is 10.4. The van der Waals surface area contributed by atoms with E-state index in [9.17, 15) is 23.5 Å². The Hall–Kier alpha value is -1.93. The van der Waals surface area contributed by atoms with Gasteiger partial charge in [0, 0.05) is 41.9 Å². The average molecular weight is 487 g/mol. The maximum atomic E-state index is 14.9. The SMILES string of the molecule is Cc1cc(Cl)cc(F)c1C1(O)[C@H](C)CN(C(=O)[C@@H]2C[C@H](F)CN2C(=O)OC(C)(C)C)C[C@@H]1C. The number of hydrogen-bond acceptors (Lipinski definition) is 4. The maximum Gasteiger partial charge on any atom is 0.411 e. The van der Waals surface area contributed by atoms with Crippen LogP contribution in [0.5, 0.6) is 0 Å². The van der Waals surface area contributed by atoms with Gasteiger partial charge in [0.25, 0.3) is 0 Å². The molecule has 2 heterocycles. The topological polar surface area (TPSA) is 70.1 Å². The number of amides is 2. The summed E-state index contributed by atoms with van der Waals surface area (Å²) in [5.74, 6) is -2.02. The van der Waals surface area contributed by atoms with Crippen LogP contribution in [0.2, 0.25) is 5.02 Å². The van der Waals surface area contributed by atoms with E-state index in [2.05, 4.69) is 0 Å². The molecule has 0 spiro atoms. The number of nitrogens with zero attached hydrogens (tertiary/aromatic N) is 2. The number of benzene rings is 1. The molecule has 0 aliphatic carbocycles. The van der Waals surface area contributed by atoms with Gasteiger partial charge in [0.1, 0.15) is 29.2 Å². The zero-order valence-corrected chi connectivity index (χ0v) is 20.7. The fourth-order valence-electron chi connectivity index (χ4n) is 5.13. The quantitative estimate of drug-likeness (QED) is 0.671. The Balaban J connectivity index is 1.83. The smallest absolute Gasteiger partial charge is 0.411 e. The van der Waals surface area contributed by atoms with Gasteiger partial charge in [0.2, 0.25) is 5.91 Å². The Bertz CT molecular complexity index is 901. The largest absolute Gasteiger partial charge is 0.444 e. The molecule has 9 heteroatoms. The number of hydrogen-bond donors (Lipinski definition) is 1. The van der Waals surface area contributed by atoms with E-state index < -0.39 is 53.1 Å². The second-order valence-electron chi connectivity index (χ2n) is 10.4. The van der Waals surface area contributed by atoms with Crippen LogP contribution in [0, 0.1) is 24.6 Å². The Morgan fingerprint density at radius 3 is 2.27 bits per heavy atom. The summed E-state index contributed by atoms with van der Waals surface area (Å²) >= 11 is 5.96. The maximum absolute atomic E-state index is 14.9. The zero-order valence-electron chi connectivity index (χ0n) is 20.0. The third kappa shape index (κ3) is 4.97. The molecule has 3 rings (SSSR count). The molecule has 0 aromatic heterocycles. The van der Waals surface area contributed by atoms with Crippen LogP contribution >= 0.6 is 11.6 Å². The fraction of sp³-hybridized carbons (Fsp3) is 0.667. The molecule has 1 N–H and O–H groups in total. The second-order valence-corrected chi connectivity index (χ2v) is 10.9.